The van der Waals surface area contributed by atoms with Crippen LogP contribution in [-0.4, -0.2) is 5.75 Å². The van der Waals surface area contributed by atoms with Crippen LogP contribution in [0.2, 0.25) is 0 Å². The lowest BCUT2D eigenvalue weighted by Gasteiger charge is -2.15. The molecule has 1 saturated carbocycles. The number of rotatable bonds is 4. The Hall–Kier alpha value is -0.540. The Balaban J connectivity index is 2.06. The summed E-state index contributed by atoms with van der Waals surface area (Å²) in [4.78, 5) is 1.02. The molecule has 0 spiro atoms. The minimum Gasteiger partial charge on any atom is -0.324 e. The first kappa shape index (κ1) is 12.9. The van der Waals surface area contributed by atoms with Crippen LogP contribution >= 0.6 is 11.8 Å². The largest absolute Gasteiger partial charge is 0.324 e. The van der Waals surface area contributed by atoms with E-state index in [0.717, 1.165) is 16.6 Å². The normalized spacial score (nSPS) is 18.5. The Labute approximate surface area is 107 Å². The van der Waals surface area contributed by atoms with Gasteiger partial charge < -0.3 is 5.73 Å². The molecule has 2 rings (SSSR count). The van der Waals surface area contributed by atoms with E-state index in [2.05, 4.69) is 0 Å². The first-order valence-electron chi connectivity index (χ1n) is 6.35. The molecule has 1 aromatic rings. The lowest BCUT2D eigenvalue weighted by molar-refractivity contribution is 0.584. The molecule has 0 aliphatic heterocycles. The quantitative estimate of drug-likeness (QED) is 0.817. The van der Waals surface area contributed by atoms with Gasteiger partial charge in [-0.15, -0.1) is 11.8 Å². The van der Waals surface area contributed by atoms with Gasteiger partial charge in [-0.05, 0) is 37.8 Å². The van der Waals surface area contributed by atoms with Crippen molar-refractivity contribution in [2.75, 3.05) is 5.75 Å². The van der Waals surface area contributed by atoms with Crippen LogP contribution in [0.3, 0.4) is 0 Å². The first-order chi connectivity index (χ1) is 8.18. The van der Waals surface area contributed by atoms with Crippen molar-refractivity contribution in [3.05, 3.63) is 29.6 Å². The molecule has 0 radical (unpaired) electrons. The molecule has 1 nitrogen and oxygen atoms in total. The van der Waals surface area contributed by atoms with Gasteiger partial charge in [0.05, 0.1) is 0 Å². The highest BCUT2D eigenvalue weighted by atomic mass is 32.2. The molecule has 1 aliphatic carbocycles. The van der Waals surface area contributed by atoms with E-state index in [-0.39, 0.29) is 11.9 Å². The first-order valence-corrected chi connectivity index (χ1v) is 7.34. The van der Waals surface area contributed by atoms with Gasteiger partial charge >= 0.3 is 0 Å². The fourth-order valence-corrected chi connectivity index (χ4v) is 3.83. The van der Waals surface area contributed by atoms with Crippen molar-refractivity contribution in [3.8, 4) is 0 Å². The Morgan fingerprint density at radius 2 is 2.12 bits per heavy atom. The highest BCUT2D eigenvalue weighted by Crippen LogP contribution is 2.34. The van der Waals surface area contributed by atoms with Crippen molar-refractivity contribution in [1.29, 1.82) is 0 Å². The van der Waals surface area contributed by atoms with Crippen LogP contribution in [0.5, 0.6) is 0 Å². The SMILES string of the molecule is C[C@@H](N)c1c(F)cccc1SCC1CCCC1. The Kier molecular flexibility index (Phi) is 4.46. The molecule has 94 valence electrons. The molecule has 0 bridgehead atoms. The maximum absolute atomic E-state index is 13.7. The summed E-state index contributed by atoms with van der Waals surface area (Å²) in [7, 11) is 0. The Morgan fingerprint density at radius 3 is 2.76 bits per heavy atom. The van der Waals surface area contributed by atoms with E-state index < -0.39 is 0 Å². The molecule has 1 atom stereocenters. The molecule has 0 saturated heterocycles. The fraction of sp³-hybridized carbons (Fsp3) is 0.571. The van der Waals surface area contributed by atoms with E-state index in [9.17, 15) is 4.39 Å². The molecule has 0 aromatic heterocycles. The summed E-state index contributed by atoms with van der Waals surface area (Å²) in [5, 5.41) is 0. The summed E-state index contributed by atoms with van der Waals surface area (Å²) in [6, 6.07) is 5.03. The zero-order valence-corrected chi connectivity index (χ0v) is 11.1. The second kappa shape index (κ2) is 5.87. The average Bonchev–Trinajstić information content (AvgIpc) is 2.78. The van der Waals surface area contributed by atoms with Gasteiger partial charge in [0, 0.05) is 22.3 Å². The summed E-state index contributed by atoms with van der Waals surface area (Å²) in [6.07, 6.45) is 5.37. The van der Waals surface area contributed by atoms with Crippen LogP contribution in [0.15, 0.2) is 23.1 Å². The molecule has 1 fully saturated rings. The maximum Gasteiger partial charge on any atom is 0.129 e. The number of halogens is 1. The van der Waals surface area contributed by atoms with Gasteiger partial charge in [-0.25, -0.2) is 4.39 Å². The van der Waals surface area contributed by atoms with E-state index in [1.807, 2.05) is 13.0 Å². The van der Waals surface area contributed by atoms with Crippen molar-refractivity contribution >= 4 is 11.8 Å². The summed E-state index contributed by atoms with van der Waals surface area (Å²) >= 11 is 1.77. The average molecular weight is 253 g/mol. The second-order valence-electron chi connectivity index (χ2n) is 4.90. The monoisotopic (exact) mass is 253 g/mol. The standard InChI is InChI=1S/C14H20FNS/c1-10(16)14-12(15)7-4-8-13(14)17-9-11-5-2-3-6-11/h4,7-8,10-11H,2-3,5-6,9,16H2,1H3/t10-/m1/s1. The van der Waals surface area contributed by atoms with Crippen LogP contribution in [0, 0.1) is 11.7 Å². The molecular weight excluding hydrogens is 233 g/mol. The van der Waals surface area contributed by atoms with Crippen molar-refractivity contribution in [3.63, 3.8) is 0 Å². The Bertz CT molecular complexity index is 372. The summed E-state index contributed by atoms with van der Waals surface area (Å²) in [5.41, 5.74) is 6.52. The molecule has 17 heavy (non-hydrogen) atoms. The molecule has 1 aliphatic rings. The van der Waals surface area contributed by atoms with Gasteiger partial charge in [0.1, 0.15) is 5.82 Å². The van der Waals surface area contributed by atoms with Gasteiger partial charge in [0.25, 0.3) is 0 Å². The van der Waals surface area contributed by atoms with Crippen LogP contribution < -0.4 is 5.73 Å². The van der Waals surface area contributed by atoms with Gasteiger partial charge in [-0.1, -0.05) is 18.9 Å². The van der Waals surface area contributed by atoms with Gasteiger partial charge in [0.2, 0.25) is 0 Å². The maximum atomic E-state index is 13.7. The van der Waals surface area contributed by atoms with Gasteiger partial charge in [-0.2, -0.15) is 0 Å². The Morgan fingerprint density at radius 1 is 1.41 bits per heavy atom. The third-order valence-electron chi connectivity index (χ3n) is 3.42. The number of benzene rings is 1. The number of thioether (sulfide) groups is 1. The molecule has 1 aromatic carbocycles. The van der Waals surface area contributed by atoms with Gasteiger partial charge in [-0.3, -0.25) is 0 Å². The number of hydrogen-bond donors (Lipinski definition) is 1. The van der Waals surface area contributed by atoms with Crippen molar-refractivity contribution in [2.45, 2.75) is 43.5 Å². The molecule has 0 amide bonds. The van der Waals surface area contributed by atoms with Crippen LogP contribution in [0.25, 0.3) is 0 Å². The second-order valence-corrected chi connectivity index (χ2v) is 5.96. The minimum absolute atomic E-state index is 0.170. The van der Waals surface area contributed by atoms with Crippen LogP contribution in [-0.2, 0) is 0 Å². The summed E-state index contributed by atoms with van der Waals surface area (Å²) in [5.74, 6) is 1.74. The molecular formula is C14H20FNS. The van der Waals surface area contributed by atoms with Crippen molar-refractivity contribution in [1.82, 2.24) is 0 Å². The molecule has 2 N–H and O–H groups in total. The fourth-order valence-electron chi connectivity index (χ4n) is 2.47. The smallest absolute Gasteiger partial charge is 0.129 e. The van der Waals surface area contributed by atoms with Gasteiger partial charge in [0.15, 0.2) is 0 Å². The van der Waals surface area contributed by atoms with E-state index in [1.54, 1.807) is 17.8 Å². The highest BCUT2D eigenvalue weighted by Gasteiger charge is 2.17. The van der Waals surface area contributed by atoms with Crippen molar-refractivity contribution in [2.24, 2.45) is 11.7 Å². The van der Waals surface area contributed by atoms with E-state index >= 15 is 0 Å². The predicted molar refractivity (Wildman–Crippen MR) is 71.7 cm³/mol. The molecule has 0 unspecified atom stereocenters. The lowest BCUT2D eigenvalue weighted by Crippen LogP contribution is -2.09. The number of nitrogens with two attached hydrogens (primary N) is 1. The topological polar surface area (TPSA) is 26.0 Å². The van der Waals surface area contributed by atoms with Crippen LogP contribution in [0.4, 0.5) is 4.39 Å². The lowest BCUT2D eigenvalue weighted by atomic mass is 10.1. The highest BCUT2D eigenvalue weighted by molar-refractivity contribution is 7.99. The van der Waals surface area contributed by atoms with Crippen molar-refractivity contribution < 1.29 is 4.39 Å². The number of hydrogen-bond acceptors (Lipinski definition) is 2. The minimum atomic E-state index is -0.234. The summed E-state index contributed by atoms with van der Waals surface area (Å²) < 4.78 is 13.7. The third kappa shape index (κ3) is 3.23. The van der Waals surface area contributed by atoms with E-state index in [1.165, 1.54) is 31.7 Å². The molecule has 0 heterocycles. The zero-order chi connectivity index (χ0) is 12.3. The predicted octanol–water partition coefficient (Wildman–Crippen LogP) is 4.13. The van der Waals surface area contributed by atoms with E-state index in [4.69, 9.17) is 5.73 Å². The molecule has 3 heteroatoms. The van der Waals surface area contributed by atoms with Crippen LogP contribution in [0.1, 0.15) is 44.2 Å². The third-order valence-corrected chi connectivity index (χ3v) is 4.72. The summed E-state index contributed by atoms with van der Waals surface area (Å²) in [6.45, 7) is 1.85. The zero-order valence-electron chi connectivity index (χ0n) is 10.3. The van der Waals surface area contributed by atoms with E-state index in [0.29, 0.717) is 5.56 Å².